The van der Waals surface area contributed by atoms with Crippen LogP contribution in [0.4, 0.5) is 5.69 Å². The van der Waals surface area contributed by atoms with Crippen LogP contribution in [0.5, 0.6) is 0 Å². The normalized spacial score (nSPS) is 10.5. The van der Waals surface area contributed by atoms with Gasteiger partial charge >= 0.3 is 0 Å². The summed E-state index contributed by atoms with van der Waals surface area (Å²) in [5.74, 6) is -0.0281. The van der Waals surface area contributed by atoms with Crippen LogP contribution in [0.3, 0.4) is 0 Å². The molecular weight excluding hydrogens is 256 g/mol. The summed E-state index contributed by atoms with van der Waals surface area (Å²) in [7, 11) is 1.65. The van der Waals surface area contributed by atoms with Crippen LogP contribution in [0.25, 0.3) is 0 Å². The molecule has 0 aliphatic carbocycles. The summed E-state index contributed by atoms with van der Waals surface area (Å²) in [6.07, 6.45) is 0.876. The van der Waals surface area contributed by atoms with Crippen molar-refractivity contribution in [1.29, 1.82) is 0 Å². The molecule has 0 aliphatic heterocycles. The lowest BCUT2D eigenvalue weighted by molar-refractivity contribution is -0.115. The van der Waals surface area contributed by atoms with E-state index in [0.29, 0.717) is 26.4 Å². The van der Waals surface area contributed by atoms with Crippen LogP contribution in [-0.4, -0.2) is 45.9 Å². The molecule has 112 valence electrons. The maximum atomic E-state index is 11.7. The van der Waals surface area contributed by atoms with Crippen LogP contribution >= 0.6 is 0 Å². The monoisotopic (exact) mass is 280 g/mol. The molecule has 2 N–H and O–H groups in total. The van der Waals surface area contributed by atoms with Gasteiger partial charge in [-0.1, -0.05) is 18.2 Å². The second-order valence-corrected chi connectivity index (χ2v) is 4.50. The van der Waals surface area contributed by atoms with Crippen LogP contribution in [0.15, 0.2) is 24.3 Å². The highest BCUT2D eigenvalue weighted by atomic mass is 16.5. The summed E-state index contributed by atoms with van der Waals surface area (Å²) < 4.78 is 10.2. The van der Waals surface area contributed by atoms with Gasteiger partial charge in [0.1, 0.15) is 0 Å². The van der Waals surface area contributed by atoms with Gasteiger partial charge in [0.25, 0.3) is 0 Å². The number of amides is 1. The van der Waals surface area contributed by atoms with Crippen molar-refractivity contribution >= 4 is 11.6 Å². The summed E-state index contributed by atoms with van der Waals surface area (Å²) in [4.78, 5) is 11.7. The van der Waals surface area contributed by atoms with Gasteiger partial charge in [0.2, 0.25) is 5.91 Å². The zero-order valence-corrected chi connectivity index (χ0v) is 12.3. The first-order valence-corrected chi connectivity index (χ1v) is 6.87. The molecule has 5 nitrogen and oxygen atoms in total. The average molecular weight is 280 g/mol. The lowest BCUT2D eigenvalue weighted by Gasteiger charge is -2.09. The Labute approximate surface area is 120 Å². The Kier molecular flexibility index (Phi) is 8.62. The van der Waals surface area contributed by atoms with Crippen LogP contribution in [0.1, 0.15) is 12.0 Å². The molecule has 0 unspecified atom stereocenters. The number of carbonyl (C=O) groups is 1. The van der Waals surface area contributed by atoms with Crippen molar-refractivity contribution in [3.05, 3.63) is 29.8 Å². The van der Waals surface area contributed by atoms with Gasteiger partial charge in [-0.25, -0.2) is 0 Å². The number of aryl methyl sites for hydroxylation is 1. The van der Waals surface area contributed by atoms with E-state index in [9.17, 15) is 4.79 Å². The molecule has 5 heteroatoms. The summed E-state index contributed by atoms with van der Waals surface area (Å²) in [6, 6.07) is 7.73. The predicted molar refractivity (Wildman–Crippen MR) is 80.0 cm³/mol. The molecule has 1 aromatic carbocycles. The Hall–Kier alpha value is -1.43. The molecular formula is C15H24N2O3. The number of nitrogens with one attached hydrogen (secondary N) is 2. The number of methoxy groups -OCH3 is 1. The molecule has 0 saturated carbocycles. The van der Waals surface area contributed by atoms with Crippen molar-refractivity contribution in [2.75, 3.05) is 45.3 Å². The van der Waals surface area contributed by atoms with Crippen LogP contribution in [0, 0.1) is 6.92 Å². The Morgan fingerprint density at radius 3 is 2.75 bits per heavy atom. The number of hydrogen-bond acceptors (Lipinski definition) is 4. The largest absolute Gasteiger partial charge is 0.382 e. The van der Waals surface area contributed by atoms with E-state index in [2.05, 4.69) is 10.6 Å². The van der Waals surface area contributed by atoms with Crippen molar-refractivity contribution < 1.29 is 14.3 Å². The van der Waals surface area contributed by atoms with E-state index in [1.54, 1.807) is 7.11 Å². The van der Waals surface area contributed by atoms with Crippen molar-refractivity contribution in [3.63, 3.8) is 0 Å². The SMILES string of the molecule is COCCOCCCNCC(=O)Nc1ccccc1C. The summed E-state index contributed by atoms with van der Waals surface area (Å²) in [5.41, 5.74) is 1.93. The first-order chi connectivity index (χ1) is 9.74. The first kappa shape index (κ1) is 16.6. The minimum atomic E-state index is -0.0281. The van der Waals surface area contributed by atoms with Crippen LogP contribution in [-0.2, 0) is 14.3 Å². The van der Waals surface area contributed by atoms with Crippen molar-refractivity contribution in [2.24, 2.45) is 0 Å². The van der Waals surface area contributed by atoms with Crippen molar-refractivity contribution in [3.8, 4) is 0 Å². The van der Waals surface area contributed by atoms with Crippen LogP contribution < -0.4 is 10.6 Å². The third-order valence-electron chi connectivity index (χ3n) is 2.78. The molecule has 0 aliphatic rings. The molecule has 20 heavy (non-hydrogen) atoms. The molecule has 0 heterocycles. The Morgan fingerprint density at radius 1 is 1.20 bits per heavy atom. The minimum absolute atomic E-state index is 0.0281. The van der Waals surface area contributed by atoms with E-state index in [-0.39, 0.29) is 5.91 Å². The fourth-order valence-electron chi connectivity index (χ4n) is 1.65. The quantitative estimate of drug-likeness (QED) is 0.639. The number of ether oxygens (including phenoxy) is 2. The van der Waals surface area contributed by atoms with E-state index in [0.717, 1.165) is 24.2 Å². The van der Waals surface area contributed by atoms with Crippen molar-refractivity contribution in [2.45, 2.75) is 13.3 Å². The molecule has 0 atom stereocenters. The van der Waals surface area contributed by atoms with Crippen molar-refractivity contribution in [1.82, 2.24) is 5.32 Å². The zero-order chi connectivity index (χ0) is 14.6. The lowest BCUT2D eigenvalue weighted by Crippen LogP contribution is -2.29. The third kappa shape index (κ3) is 7.23. The number of para-hydroxylation sites is 1. The van der Waals surface area contributed by atoms with Crippen LogP contribution in [0.2, 0.25) is 0 Å². The minimum Gasteiger partial charge on any atom is -0.382 e. The number of hydrogen-bond donors (Lipinski definition) is 2. The van der Waals surface area contributed by atoms with Gasteiger partial charge in [-0.2, -0.15) is 0 Å². The van der Waals surface area contributed by atoms with E-state index >= 15 is 0 Å². The molecule has 0 bridgehead atoms. The number of rotatable bonds is 10. The Morgan fingerprint density at radius 2 is 2.00 bits per heavy atom. The van der Waals surface area contributed by atoms with Gasteiger partial charge in [0.15, 0.2) is 0 Å². The molecule has 1 rings (SSSR count). The molecule has 0 saturated heterocycles. The summed E-state index contributed by atoms with van der Waals surface area (Å²) in [5, 5.41) is 5.97. The number of anilines is 1. The van der Waals surface area contributed by atoms with Gasteiger partial charge in [-0.05, 0) is 31.5 Å². The highest BCUT2D eigenvalue weighted by Crippen LogP contribution is 2.12. The highest BCUT2D eigenvalue weighted by Gasteiger charge is 2.03. The van der Waals surface area contributed by atoms with Gasteiger partial charge in [-0.15, -0.1) is 0 Å². The maximum absolute atomic E-state index is 11.7. The zero-order valence-electron chi connectivity index (χ0n) is 12.3. The topological polar surface area (TPSA) is 59.6 Å². The molecule has 0 fully saturated rings. The number of carbonyl (C=O) groups excluding carboxylic acids is 1. The predicted octanol–water partition coefficient (Wildman–Crippen LogP) is 1.58. The van der Waals surface area contributed by atoms with Gasteiger partial charge in [0.05, 0.1) is 19.8 Å². The number of benzene rings is 1. The van der Waals surface area contributed by atoms with Gasteiger partial charge in [0, 0.05) is 19.4 Å². The maximum Gasteiger partial charge on any atom is 0.238 e. The average Bonchev–Trinajstić information content (AvgIpc) is 2.44. The molecule has 1 amide bonds. The van der Waals surface area contributed by atoms with E-state index in [4.69, 9.17) is 9.47 Å². The lowest BCUT2D eigenvalue weighted by atomic mass is 10.2. The molecule has 0 spiro atoms. The summed E-state index contributed by atoms with van der Waals surface area (Å²) in [6.45, 7) is 4.95. The smallest absolute Gasteiger partial charge is 0.238 e. The molecule has 0 aromatic heterocycles. The van der Waals surface area contributed by atoms with Gasteiger partial charge in [-0.3, -0.25) is 4.79 Å². The van der Waals surface area contributed by atoms with E-state index in [1.165, 1.54) is 0 Å². The Balaban J connectivity index is 2.05. The summed E-state index contributed by atoms with van der Waals surface area (Å²) >= 11 is 0. The fraction of sp³-hybridized carbons (Fsp3) is 0.533. The highest BCUT2D eigenvalue weighted by molar-refractivity contribution is 5.92. The van der Waals surface area contributed by atoms with Gasteiger partial charge < -0.3 is 20.1 Å². The standard InChI is InChI=1S/C15H24N2O3/c1-13-6-3-4-7-14(13)17-15(18)12-16-8-5-9-20-11-10-19-2/h3-4,6-7,16H,5,8-12H2,1-2H3,(H,17,18). The molecule has 1 aromatic rings. The van der Waals surface area contributed by atoms with E-state index in [1.807, 2.05) is 31.2 Å². The fourth-order valence-corrected chi connectivity index (χ4v) is 1.65. The second kappa shape index (κ2) is 10.4. The first-order valence-electron chi connectivity index (χ1n) is 6.87. The second-order valence-electron chi connectivity index (χ2n) is 4.50. The molecule has 0 radical (unpaired) electrons. The third-order valence-corrected chi connectivity index (χ3v) is 2.78. The Bertz CT molecular complexity index is 396. The van der Waals surface area contributed by atoms with E-state index < -0.39 is 0 Å².